The number of amides is 1. The lowest BCUT2D eigenvalue weighted by Crippen LogP contribution is -2.34. The predicted molar refractivity (Wildman–Crippen MR) is 70.9 cm³/mol. The van der Waals surface area contributed by atoms with Crippen molar-refractivity contribution in [2.45, 2.75) is 13.0 Å². The molecule has 0 saturated heterocycles. The first kappa shape index (κ1) is 13.4. The van der Waals surface area contributed by atoms with Crippen molar-refractivity contribution in [2.75, 3.05) is 20.6 Å². The molecule has 2 heterocycles. The first-order valence-electron chi connectivity index (χ1n) is 6.12. The molecule has 5 nitrogen and oxygen atoms in total. The SMILES string of the molecule is Cc1ccc(C(=O)NCC(c2ccco2)N(C)C)o1. The minimum Gasteiger partial charge on any atom is -0.468 e. The number of nitrogens with one attached hydrogen (secondary N) is 1. The van der Waals surface area contributed by atoms with Gasteiger partial charge in [0.15, 0.2) is 5.76 Å². The van der Waals surface area contributed by atoms with Gasteiger partial charge in [0.1, 0.15) is 11.5 Å². The number of carbonyl (C=O) groups excluding carboxylic acids is 1. The number of aryl methyl sites for hydroxylation is 1. The van der Waals surface area contributed by atoms with Crippen LogP contribution in [-0.2, 0) is 0 Å². The molecule has 0 aliphatic carbocycles. The molecular weight excluding hydrogens is 244 g/mol. The number of carbonyl (C=O) groups is 1. The van der Waals surface area contributed by atoms with Gasteiger partial charge < -0.3 is 14.2 Å². The van der Waals surface area contributed by atoms with Crippen LogP contribution in [0.25, 0.3) is 0 Å². The van der Waals surface area contributed by atoms with Crippen LogP contribution in [0.2, 0.25) is 0 Å². The third kappa shape index (κ3) is 3.26. The van der Waals surface area contributed by atoms with Crippen molar-refractivity contribution in [1.82, 2.24) is 10.2 Å². The third-order valence-electron chi connectivity index (χ3n) is 2.92. The molecule has 19 heavy (non-hydrogen) atoms. The first-order valence-corrected chi connectivity index (χ1v) is 6.12. The Hall–Kier alpha value is -2.01. The van der Waals surface area contributed by atoms with E-state index < -0.39 is 0 Å². The van der Waals surface area contributed by atoms with Crippen LogP contribution in [0, 0.1) is 6.92 Å². The second-order valence-electron chi connectivity index (χ2n) is 4.62. The average molecular weight is 262 g/mol. The van der Waals surface area contributed by atoms with Gasteiger partial charge in [0, 0.05) is 6.54 Å². The van der Waals surface area contributed by atoms with Crippen LogP contribution in [0.1, 0.15) is 28.1 Å². The molecule has 1 unspecified atom stereocenters. The van der Waals surface area contributed by atoms with E-state index in [1.807, 2.05) is 38.1 Å². The van der Waals surface area contributed by atoms with Crippen molar-refractivity contribution < 1.29 is 13.6 Å². The smallest absolute Gasteiger partial charge is 0.287 e. The first-order chi connectivity index (χ1) is 9.08. The Labute approximate surface area is 112 Å². The zero-order chi connectivity index (χ0) is 13.8. The van der Waals surface area contributed by atoms with Gasteiger partial charge in [0.05, 0.1) is 12.3 Å². The van der Waals surface area contributed by atoms with Gasteiger partial charge in [-0.25, -0.2) is 0 Å². The quantitative estimate of drug-likeness (QED) is 0.897. The van der Waals surface area contributed by atoms with E-state index in [4.69, 9.17) is 8.83 Å². The van der Waals surface area contributed by atoms with Gasteiger partial charge in [-0.1, -0.05) is 0 Å². The van der Waals surface area contributed by atoms with Crippen LogP contribution in [0.5, 0.6) is 0 Å². The highest BCUT2D eigenvalue weighted by Gasteiger charge is 2.19. The lowest BCUT2D eigenvalue weighted by Gasteiger charge is -2.22. The molecule has 0 aliphatic heterocycles. The second kappa shape index (κ2) is 5.75. The number of hydrogen-bond acceptors (Lipinski definition) is 4. The molecule has 0 spiro atoms. The van der Waals surface area contributed by atoms with E-state index in [9.17, 15) is 4.79 Å². The Bertz CT molecular complexity index is 529. The fourth-order valence-electron chi connectivity index (χ4n) is 1.85. The molecule has 0 radical (unpaired) electrons. The summed E-state index contributed by atoms with van der Waals surface area (Å²) < 4.78 is 10.7. The minimum atomic E-state index is -0.216. The fourth-order valence-corrected chi connectivity index (χ4v) is 1.85. The maximum absolute atomic E-state index is 11.9. The molecule has 1 amide bonds. The summed E-state index contributed by atoms with van der Waals surface area (Å²) in [6, 6.07) is 7.17. The number of rotatable bonds is 5. The van der Waals surface area contributed by atoms with Crippen molar-refractivity contribution in [1.29, 1.82) is 0 Å². The maximum Gasteiger partial charge on any atom is 0.287 e. The maximum atomic E-state index is 11.9. The molecule has 2 aromatic heterocycles. The van der Waals surface area contributed by atoms with Crippen molar-refractivity contribution >= 4 is 5.91 Å². The van der Waals surface area contributed by atoms with Crippen LogP contribution in [-0.4, -0.2) is 31.4 Å². The largest absolute Gasteiger partial charge is 0.468 e. The Balaban J connectivity index is 1.98. The van der Waals surface area contributed by atoms with Gasteiger partial charge in [-0.3, -0.25) is 9.69 Å². The minimum absolute atomic E-state index is 0.00462. The highest BCUT2D eigenvalue weighted by molar-refractivity contribution is 5.91. The lowest BCUT2D eigenvalue weighted by molar-refractivity contribution is 0.0910. The van der Waals surface area contributed by atoms with Crippen molar-refractivity contribution in [2.24, 2.45) is 0 Å². The van der Waals surface area contributed by atoms with Gasteiger partial charge in [-0.05, 0) is 45.3 Å². The number of likely N-dealkylation sites (N-methyl/N-ethyl adjacent to an activating group) is 1. The molecule has 0 aromatic carbocycles. The zero-order valence-corrected chi connectivity index (χ0v) is 11.3. The number of hydrogen-bond donors (Lipinski definition) is 1. The van der Waals surface area contributed by atoms with Crippen LogP contribution in [0.15, 0.2) is 39.4 Å². The summed E-state index contributed by atoms with van der Waals surface area (Å²) in [5.41, 5.74) is 0. The lowest BCUT2D eigenvalue weighted by atomic mass is 10.2. The van der Waals surface area contributed by atoms with Crippen molar-refractivity contribution in [3.05, 3.63) is 47.8 Å². The molecule has 1 N–H and O–H groups in total. The second-order valence-corrected chi connectivity index (χ2v) is 4.62. The normalized spacial score (nSPS) is 12.6. The highest BCUT2D eigenvalue weighted by Crippen LogP contribution is 2.17. The molecular formula is C14H18N2O3. The van der Waals surface area contributed by atoms with E-state index in [2.05, 4.69) is 5.32 Å². The van der Waals surface area contributed by atoms with Gasteiger partial charge in [0.2, 0.25) is 0 Å². The third-order valence-corrected chi connectivity index (χ3v) is 2.92. The zero-order valence-electron chi connectivity index (χ0n) is 11.3. The fraction of sp³-hybridized carbons (Fsp3) is 0.357. The molecule has 2 rings (SSSR count). The summed E-state index contributed by atoms with van der Waals surface area (Å²) in [6.45, 7) is 2.27. The standard InChI is InChI=1S/C14H18N2O3/c1-10-6-7-13(19-10)14(17)15-9-11(16(2)3)12-5-4-8-18-12/h4-8,11H,9H2,1-3H3,(H,15,17). The topological polar surface area (TPSA) is 58.6 Å². The van der Waals surface area contributed by atoms with Crippen molar-refractivity contribution in [3.8, 4) is 0 Å². The van der Waals surface area contributed by atoms with Crippen LogP contribution < -0.4 is 5.32 Å². The molecule has 0 saturated carbocycles. The molecule has 5 heteroatoms. The van der Waals surface area contributed by atoms with Crippen LogP contribution in [0.4, 0.5) is 0 Å². The average Bonchev–Trinajstić information content (AvgIpc) is 3.00. The van der Waals surface area contributed by atoms with E-state index in [1.54, 1.807) is 18.4 Å². The molecule has 0 fully saturated rings. The highest BCUT2D eigenvalue weighted by atomic mass is 16.3. The molecule has 0 aliphatic rings. The van der Waals surface area contributed by atoms with Gasteiger partial charge >= 0.3 is 0 Å². The Morgan fingerprint density at radius 1 is 1.37 bits per heavy atom. The molecule has 2 aromatic rings. The molecule has 0 bridgehead atoms. The van der Waals surface area contributed by atoms with Crippen LogP contribution >= 0.6 is 0 Å². The van der Waals surface area contributed by atoms with Gasteiger partial charge in [-0.2, -0.15) is 0 Å². The predicted octanol–water partition coefficient (Wildman–Crippen LogP) is 2.21. The van der Waals surface area contributed by atoms with Crippen molar-refractivity contribution in [3.63, 3.8) is 0 Å². The molecule has 1 atom stereocenters. The Morgan fingerprint density at radius 3 is 2.68 bits per heavy atom. The van der Waals surface area contributed by atoms with Gasteiger partial charge in [0.25, 0.3) is 5.91 Å². The summed E-state index contributed by atoms with van der Waals surface area (Å²) in [4.78, 5) is 13.9. The summed E-state index contributed by atoms with van der Waals surface area (Å²) in [6.07, 6.45) is 1.63. The summed E-state index contributed by atoms with van der Waals surface area (Å²) in [5.74, 6) is 1.65. The summed E-state index contributed by atoms with van der Waals surface area (Å²) in [7, 11) is 3.88. The van der Waals surface area contributed by atoms with E-state index in [0.717, 1.165) is 11.5 Å². The Morgan fingerprint density at radius 2 is 2.16 bits per heavy atom. The van der Waals surface area contributed by atoms with E-state index in [0.29, 0.717) is 12.3 Å². The van der Waals surface area contributed by atoms with E-state index in [-0.39, 0.29) is 11.9 Å². The number of nitrogens with zero attached hydrogens (tertiary/aromatic N) is 1. The summed E-state index contributed by atoms with van der Waals surface area (Å²) in [5, 5.41) is 2.85. The van der Waals surface area contributed by atoms with E-state index >= 15 is 0 Å². The monoisotopic (exact) mass is 262 g/mol. The summed E-state index contributed by atoms with van der Waals surface area (Å²) >= 11 is 0. The van der Waals surface area contributed by atoms with Crippen LogP contribution in [0.3, 0.4) is 0 Å². The van der Waals surface area contributed by atoms with Gasteiger partial charge in [-0.15, -0.1) is 0 Å². The Kier molecular flexibility index (Phi) is 4.06. The number of furan rings is 2. The molecule has 102 valence electrons. The van der Waals surface area contributed by atoms with E-state index in [1.165, 1.54) is 0 Å².